The van der Waals surface area contributed by atoms with E-state index in [9.17, 15) is 0 Å². The van der Waals surface area contributed by atoms with Gasteiger partial charge in [-0.1, -0.05) is 0 Å². The smallest absolute Gasteiger partial charge is 0.0481 e. The van der Waals surface area contributed by atoms with Gasteiger partial charge in [-0.15, -0.1) is 0 Å². The van der Waals surface area contributed by atoms with Crippen LogP contribution in [0.3, 0.4) is 0 Å². The van der Waals surface area contributed by atoms with Crippen LogP contribution in [0.25, 0.3) is 0 Å². The second-order valence-electron chi connectivity index (χ2n) is 4.87. The number of ether oxygens (including phenoxy) is 1. The molecule has 0 bridgehead atoms. The van der Waals surface area contributed by atoms with E-state index in [1.54, 1.807) is 0 Å². The van der Waals surface area contributed by atoms with Gasteiger partial charge in [0.15, 0.2) is 0 Å². The predicted molar refractivity (Wildman–Crippen MR) is 65.5 cm³/mol. The van der Waals surface area contributed by atoms with Crippen LogP contribution in [0.1, 0.15) is 19.3 Å². The summed E-state index contributed by atoms with van der Waals surface area (Å²) in [4.78, 5) is 2.49. The molecule has 4 heteroatoms. The molecular weight excluding hydrogens is 202 g/mol. The fourth-order valence-corrected chi connectivity index (χ4v) is 2.45. The van der Waals surface area contributed by atoms with Crippen LogP contribution in [-0.4, -0.2) is 57.5 Å². The van der Waals surface area contributed by atoms with Crippen LogP contribution >= 0.6 is 0 Å². The lowest BCUT2D eigenvalue weighted by Gasteiger charge is -2.28. The minimum Gasteiger partial charge on any atom is -0.381 e. The number of hydrogen-bond acceptors (Lipinski definition) is 4. The molecule has 0 spiro atoms. The van der Waals surface area contributed by atoms with Gasteiger partial charge in [0.1, 0.15) is 0 Å². The first-order chi connectivity index (χ1) is 7.95. The van der Waals surface area contributed by atoms with E-state index >= 15 is 0 Å². The number of rotatable bonds is 5. The molecule has 0 aromatic carbocycles. The van der Waals surface area contributed by atoms with E-state index in [1.165, 1.54) is 32.4 Å². The molecule has 2 heterocycles. The molecule has 2 aliphatic rings. The first-order valence-corrected chi connectivity index (χ1v) is 6.66. The molecule has 0 atom stereocenters. The van der Waals surface area contributed by atoms with Crippen molar-refractivity contribution in [2.24, 2.45) is 5.92 Å². The fourth-order valence-electron chi connectivity index (χ4n) is 2.45. The molecule has 2 fully saturated rings. The van der Waals surface area contributed by atoms with Crippen molar-refractivity contribution in [3.05, 3.63) is 0 Å². The molecule has 4 nitrogen and oxygen atoms in total. The molecule has 0 saturated carbocycles. The van der Waals surface area contributed by atoms with Crippen molar-refractivity contribution in [1.29, 1.82) is 0 Å². The van der Waals surface area contributed by atoms with E-state index in [2.05, 4.69) is 15.5 Å². The summed E-state index contributed by atoms with van der Waals surface area (Å²) < 4.78 is 5.37. The number of nitrogens with one attached hydrogen (secondary N) is 2. The van der Waals surface area contributed by atoms with E-state index in [4.69, 9.17) is 4.74 Å². The monoisotopic (exact) mass is 227 g/mol. The third-order valence-electron chi connectivity index (χ3n) is 3.62. The first-order valence-electron chi connectivity index (χ1n) is 6.66. The van der Waals surface area contributed by atoms with Gasteiger partial charge in [-0.25, -0.2) is 0 Å². The maximum Gasteiger partial charge on any atom is 0.0481 e. The number of piperazine rings is 1. The van der Waals surface area contributed by atoms with Gasteiger partial charge >= 0.3 is 0 Å². The third kappa shape index (κ3) is 4.37. The quantitative estimate of drug-likeness (QED) is 0.660. The van der Waals surface area contributed by atoms with Crippen molar-refractivity contribution in [3.8, 4) is 0 Å². The normalized spacial score (nSPS) is 24.8. The largest absolute Gasteiger partial charge is 0.381 e. The molecule has 0 aliphatic carbocycles. The van der Waals surface area contributed by atoms with Crippen LogP contribution < -0.4 is 10.6 Å². The van der Waals surface area contributed by atoms with Crippen LogP contribution in [0.5, 0.6) is 0 Å². The highest BCUT2D eigenvalue weighted by atomic mass is 16.5. The Hall–Kier alpha value is -0.160. The molecule has 2 N–H and O–H groups in total. The second kappa shape index (κ2) is 7.22. The maximum absolute atomic E-state index is 5.37. The van der Waals surface area contributed by atoms with Crippen molar-refractivity contribution >= 4 is 0 Å². The minimum atomic E-state index is 0.893. The van der Waals surface area contributed by atoms with Crippen molar-refractivity contribution in [1.82, 2.24) is 15.5 Å². The summed E-state index contributed by atoms with van der Waals surface area (Å²) in [6.07, 6.45) is 3.83. The van der Waals surface area contributed by atoms with Gasteiger partial charge in [-0.05, 0) is 31.7 Å². The fraction of sp³-hybridized carbons (Fsp3) is 1.00. The van der Waals surface area contributed by atoms with Gasteiger partial charge < -0.3 is 15.4 Å². The lowest BCUT2D eigenvalue weighted by Crippen LogP contribution is -2.47. The topological polar surface area (TPSA) is 36.5 Å². The summed E-state index contributed by atoms with van der Waals surface area (Å²) in [5, 5.41) is 6.93. The van der Waals surface area contributed by atoms with Crippen LogP contribution in [0.2, 0.25) is 0 Å². The standard InChI is InChI=1S/C12H25N3O/c1(12-2-9-16-10-3-12)4-14-11-15-7-5-13-6-8-15/h12-14H,1-11H2. The van der Waals surface area contributed by atoms with Gasteiger partial charge in [0.25, 0.3) is 0 Å². The van der Waals surface area contributed by atoms with Gasteiger partial charge in [0.05, 0.1) is 0 Å². The van der Waals surface area contributed by atoms with E-state index in [1.807, 2.05) is 0 Å². The van der Waals surface area contributed by atoms with E-state index < -0.39 is 0 Å². The maximum atomic E-state index is 5.37. The zero-order valence-corrected chi connectivity index (χ0v) is 10.2. The molecule has 2 rings (SSSR count). The van der Waals surface area contributed by atoms with Gasteiger partial charge in [0.2, 0.25) is 0 Å². The Labute approximate surface area is 98.7 Å². The highest BCUT2D eigenvalue weighted by Gasteiger charge is 2.13. The molecular formula is C12H25N3O. The van der Waals surface area contributed by atoms with Crippen LogP contribution in [0, 0.1) is 5.92 Å². The van der Waals surface area contributed by atoms with Gasteiger partial charge in [-0.2, -0.15) is 0 Å². The lowest BCUT2D eigenvalue weighted by molar-refractivity contribution is 0.0635. The highest BCUT2D eigenvalue weighted by Crippen LogP contribution is 2.17. The molecule has 2 aliphatic heterocycles. The molecule has 16 heavy (non-hydrogen) atoms. The Morgan fingerprint density at radius 1 is 1.19 bits per heavy atom. The van der Waals surface area contributed by atoms with Crippen molar-refractivity contribution in [2.45, 2.75) is 19.3 Å². The molecule has 0 aromatic heterocycles. The van der Waals surface area contributed by atoms with E-state index in [0.29, 0.717) is 0 Å². The zero-order valence-electron chi connectivity index (χ0n) is 10.2. The summed E-state index contributed by atoms with van der Waals surface area (Å²) >= 11 is 0. The summed E-state index contributed by atoms with van der Waals surface area (Å²) in [5.74, 6) is 0.893. The van der Waals surface area contributed by atoms with Crippen LogP contribution in [0.15, 0.2) is 0 Å². The predicted octanol–water partition coefficient (Wildman–Crippen LogP) is 0.255. The van der Waals surface area contributed by atoms with Crippen molar-refractivity contribution in [3.63, 3.8) is 0 Å². The van der Waals surface area contributed by atoms with E-state index in [0.717, 1.165) is 45.4 Å². The molecule has 0 radical (unpaired) electrons. The highest BCUT2D eigenvalue weighted by molar-refractivity contribution is 4.68. The van der Waals surface area contributed by atoms with Crippen LogP contribution in [-0.2, 0) is 4.74 Å². The molecule has 0 unspecified atom stereocenters. The van der Waals surface area contributed by atoms with E-state index in [-0.39, 0.29) is 0 Å². The van der Waals surface area contributed by atoms with Gasteiger partial charge in [-0.3, -0.25) is 4.90 Å². The second-order valence-corrected chi connectivity index (χ2v) is 4.87. The molecule has 94 valence electrons. The van der Waals surface area contributed by atoms with Crippen molar-refractivity contribution in [2.75, 3.05) is 52.6 Å². The van der Waals surface area contributed by atoms with Gasteiger partial charge in [0, 0.05) is 46.1 Å². The zero-order chi connectivity index (χ0) is 11.1. The Bertz CT molecular complexity index is 157. The summed E-state index contributed by atoms with van der Waals surface area (Å²) in [6, 6.07) is 0. The summed E-state index contributed by atoms with van der Waals surface area (Å²) in [5.41, 5.74) is 0. The Balaban J connectivity index is 1.47. The van der Waals surface area contributed by atoms with Crippen LogP contribution in [0.4, 0.5) is 0 Å². The Kier molecular flexibility index (Phi) is 5.55. The molecule has 0 amide bonds. The summed E-state index contributed by atoms with van der Waals surface area (Å²) in [6.45, 7) is 8.82. The number of nitrogens with zero attached hydrogens (tertiary/aromatic N) is 1. The Morgan fingerprint density at radius 2 is 1.94 bits per heavy atom. The Morgan fingerprint density at radius 3 is 2.69 bits per heavy atom. The number of hydrogen-bond donors (Lipinski definition) is 2. The minimum absolute atomic E-state index is 0.893. The average Bonchev–Trinajstić information content (AvgIpc) is 2.37. The SMILES string of the molecule is C1CN(CNCCC2CCOCC2)CCN1. The molecule has 0 aromatic rings. The average molecular weight is 227 g/mol. The van der Waals surface area contributed by atoms with Crippen molar-refractivity contribution < 1.29 is 4.74 Å². The first kappa shape index (κ1) is 12.3. The molecule has 2 saturated heterocycles. The lowest BCUT2D eigenvalue weighted by atomic mass is 9.97. The third-order valence-corrected chi connectivity index (χ3v) is 3.62. The summed E-state index contributed by atoms with van der Waals surface area (Å²) in [7, 11) is 0.